The molecule has 1 N–H and O–H groups in total. The summed E-state index contributed by atoms with van der Waals surface area (Å²) in [5, 5.41) is 6.73. The number of benzene rings is 2. The molecule has 0 amide bonds. The van der Waals surface area contributed by atoms with Crippen LogP contribution in [0, 0.1) is 16.4 Å². The molecule has 0 unspecified atom stereocenters. The number of halogens is 2. The lowest BCUT2D eigenvalue weighted by atomic mass is 10.2. The Morgan fingerprint density at radius 1 is 1.17 bits per heavy atom. The predicted octanol–water partition coefficient (Wildman–Crippen LogP) is 4.35. The molecule has 0 radical (unpaired) electrons. The van der Waals surface area contributed by atoms with E-state index in [2.05, 4.69) is 10.2 Å². The number of hydrogen-bond donors (Lipinski definition) is 1. The van der Waals surface area contributed by atoms with Crippen molar-refractivity contribution < 1.29 is 13.5 Å². The second-order valence-electron chi connectivity index (χ2n) is 4.89. The summed E-state index contributed by atoms with van der Waals surface area (Å²) in [5.74, 6) is -0.337. The van der Waals surface area contributed by atoms with Gasteiger partial charge in [-0.05, 0) is 43.4 Å². The van der Waals surface area contributed by atoms with Gasteiger partial charge in [-0.25, -0.2) is 8.78 Å². The van der Waals surface area contributed by atoms with Crippen LogP contribution in [0.1, 0.15) is 18.9 Å². The number of nitrogens with zero attached hydrogens (tertiary/aromatic N) is 2. The van der Waals surface area contributed by atoms with Crippen LogP contribution in [0.5, 0.6) is 5.75 Å². The number of ether oxygens (including phenoxy) is 1. The van der Waals surface area contributed by atoms with E-state index in [1.165, 1.54) is 16.7 Å². The fraction of sp³-hybridized carbons (Fsp3) is 0.125. The van der Waals surface area contributed by atoms with Gasteiger partial charge in [0.1, 0.15) is 17.4 Å². The molecule has 3 rings (SSSR count). The molecule has 0 aliphatic heterocycles. The molecule has 0 saturated heterocycles. The highest BCUT2D eigenvalue weighted by atomic mass is 32.1. The molecule has 3 aromatic rings. The lowest BCUT2D eigenvalue weighted by molar-refractivity contribution is 0.214. The zero-order chi connectivity index (χ0) is 16.4. The minimum absolute atomic E-state index is 0.115. The first-order valence-electron chi connectivity index (χ1n) is 6.90. The van der Waals surface area contributed by atoms with Crippen molar-refractivity contribution in [2.24, 2.45) is 0 Å². The normalized spacial score (nSPS) is 12.1. The van der Waals surface area contributed by atoms with Crippen LogP contribution in [0.3, 0.4) is 0 Å². The van der Waals surface area contributed by atoms with Gasteiger partial charge in [0.05, 0.1) is 5.69 Å². The molecular weight excluding hydrogens is 320 g/mol. The Labute approximate surface area is 136 Å². The lowest BCUT2D eigenvalue weighted by Gasteiger charge is -2.15. The van der Waals surface area contributed by atoms with Crippen LogP contribution in [0.2, 0.25) is 0 Å². The van der Waals surface area contributed by atoms with Crippen LogP contribution in [0.15, 0.2) is 48.5 Å². The van der Waals surface area contributed by atoms with E-state index >= 15 is 0 Å². The van der Waals surface area contributed by atoms with E-state index in [9.17, 15) is 8.78 Å². The van der Waals surface area contributed by atoms with Crippen molar-refractivity contribution in [1.29, 1.82) is 0 Å². The summed E-state index contributed by atoms with van der Waals surface area (Å²) in [7, 11) is 0. The van der Waals surface area contributed by atoms with Crippen LogP contribution in [-0.4, -0.2) is 14.8 Å². The number of aromatic amines is 1. The van der Waals surface area contributed by atoms with Crippen molar-refractivity contribution in [3.05, 3.63) is 70.8 Å². The molecule has 4 nitrogen and oxygen atoms in total. The van der Waals surface area contributed by atoms with E-state index in [0.29, 0.717) is 11.6 Å². The molecule has 0 aliphatic carbocycles. The number of para-hydroxylation sites is 1. The van der Waals surface area contributed by atoms with E-state index in [-0.39, 0.29) is 10.5 Å². The summed E-state index contributed by atoms with van der Waals surface area (Å²) in [6, 6.07) is 12.5. The SMILES string of the molecule is C[C@@H](Oc1ccccc1)c1n[nH]c(=S)n1-c1ccc(F)cc1F. The van der Waals surface area contributed by atoms with Crippen molar-refractivity contribution in [3.63, 3.8) is 0 Å². The third-order valence-electron chi connectivity index (χ3n) is 3.27. The van der Waals surface area contributed by atoms with Gasteiger partial charge in [-0.2, -0.15) is 5.10 Å². The first-order chi connectivity index (χ1) is 11.1. The molecule has 2 aromatic carbocycles. The maximum Gasteiger partial charge on any atom is 0.200 e. The van der Waals surface area contributed by atoms with Gasteiger partial charge < -0.3 is 4.74 Å². The highest BCUT2D eigenvalue weighted by Gasteiger charge is 2.19. The monoisotopic (exact) mass is 333 g/mol. The van der Waals surface area contributed by atoms with Crippen LogP contribution in [0.25, 0.3) is 5.69 Å². The average Bonchev–Trinajstić information content (AvgIpc) is 2.90. The summed E-state index contributed by atoms with van der Waals surface area (Å²) in [5.41, 5.74) is 0.115. The fourth-order valence-electron chi connectivity index (χ4n) is 2.23. The van der Waals surface area contributed by atoms with E-state index in [0.717, 1.165) is 6.07 Å². The van der Waals surface area contributed by atoms with Crippen molar-refractivity contribution in [1.82, 2.24) is 14.8 Å². The fourth-order valence-corrected chi connectivity index (χ4v) is 2.47. The largest absolute Gasteiger partial charge is 0.483 e. The third-order valence-corrected chi connectivity index (χ3v) is 3.54. The quantitative estimate of drug-likeness (QED) is 0.722. The van der Waals surface area contributed by atoms with Gasteiger partial charge >= 0.3 is 0 Å². The van der Waals surface area contributed by atoms with Crippen LogP contribution in [-0.2, 0) is 0 Å². The zero-order valence-corrected chi connectivity index (χ0v) is 13.0. The number of aromatic nitrogens is 3. The van der Waals surface area contributed by atoms with E-state index in [1.54, 1.807) is 19.1 Å². The summed E-state index contributed by atoms with van der Waals surface area (Å²) >= 11 is 5.16. The lowest BCUT2D eigenvalue weighted by Crippen LogP contribution is -2.12. The Balaban J connectivity index is 2.00. The molecule has 0 spiro atoms. The first-order valence-corrected chi connectivity index (χ1v) is 7.31. The highest BCUT2D eigenvalue weighted by Crippen LogP contribution is 2.24. The molecule has 118 valence electrons. The molecule has 1 atom stereocenters. The van der Waals surface area contributed by atoms with Crippen LogP contribution >= 0.6 is 12.2 Å². The van der Waals surface area contributed by atoms with Gasteiger partial charge in [-0.1, -0.05) is 18.2 Å². The average molecular weight is 333 g/mol. The van der Waals surface area contributed by atoms with Crippen LogP contribution in [0.4, 0.5) is 8.78 Å². The maximum absolute atomic E-state index is 14.1. The second kappa shape index (κ2) is 6.29. The van der Waals surface area contributed by atoms with Crippen molar-refractivity contribution >= 4 is 12.2 Å². The number of nitrogens with one attached hydrogen (secondary N) is 1. The van der Waals surface area contributed by atoms with Gasteiger partial charge in [0, 0.05) is 6.07 Å². The Morgan fingerprint density at radius 3 is 2.61 bits per heavy atom. The number of H-pyrrole nitrogens is 1. The van der Waals surface area contributed by atoms with Gasteiger partial charge in [0.25, 0.3) is 0 Å². The summed E-state index contributed by atoms with van der Waals surface area (Å²) < 4.78 is 34.6. The van der Waals surface area contributed by atoms with E-state index < -0.39 is 17.7 Å². The minimum Gasteiger partial charge on any atom is -0.483 e. The van der Waals surface area contributed by atoms with Gasteiger partial charge in [-0.15, -0.1) is 0 Å². The predicted molar refractivity (Wildman–Crippen MR) is 84.1 cm³/mol. The molecular formula is C16H13F2N3OS. The Kier molecular flexibility index (Phi) is 4.20. The van der Waals surface area contributed by atoms with Crippen LogP contribution < -0.4 is 4.74 Å². The molecule has 0 saturated carbocycles. The van der Waals surface area contributed by atoms with Crippen molar-refractivity contribution in [2.75, 3.05) is 0 Å². The topological polar surface area (TPSA) is 42.8 Å². The maximum atomic E-state index is 14.1. The summed E-state index contributed by atoms with van der Waals surface area (Å²) in [6.07, 6.45) is -0.491. The number of hydrogen-bond acceptors (Lipinski definition) is 3. The van der Waals surface area contributed by atoms with E-state index in [4.69, 9.17) is 17.0 Å². The number of rotatable bonds is 4. The van der Waals surface area contributed by atoms with Gasteiger partial charge in [-0.3, -0.25) is 9.67 Å². The second-order valence-corrected chi connectivity index (χ2v) is 5.28. The third kappa shape index (κ3) is 3.14. The molecule has 1 heterocycles. The van der Waals surface area contributed by atoms with Crippen molar-refractivity contribution in [2.45, 2.75) is 13.0 Å². The minimum atomic E-state index is -0.726. The van der Waals surface area contributed by atoms with Gasteiger partial charge in [0.2, 0.25) is 0 Å². The van der Waals surface area contributed by atoms with Gasteiger partial charge in [0.15, 0.2) is 16.7 Å². The molecule has 7 heteroatoms. The summed E-state index contributed by atoms with van der Waals surface area (Å²) in [6.45, 7) is 1.77. The molecule has 1 aromatic heterocycles. The molecule has 0 fully saturated rings. The molecule has 0 aliphatic rings. The molecule has 23 heavy (non-hydrogen) atoms. The van der Waals surface area contributed by atoms with E-state index in [1.807, 2.05) is 18.2 Å². The molecule has 0 bridgehead atoms. The highest BCUT2D eigenvalue weighted by molar-refractivity contribution is 7.71. The Hall–Kier alpha value is -2.54. The smallest absolute Gasteiger partial charge is 0.200 e. The Morgan fingerprint density at radius 2 is 1.91 bits per heavy atom. The van der Waals surface area contributed by atoms with Crippen molar-refractivity contribution in [3.8, 4) is 11.4 Å². The standard InChI is InChI=1S/C16H13F2N3OS/c1-10(22-12-5-3-2-4-6-12)15-19-20-16(23)21(15)14-8-7-11(17)9-13(14)18/h2-10H,1H3,(H,20,23)/t10-/m1/s1. The Bertz CT molecular complexity index is 877. The first kappa shape index (κ1) is 15.4. The summed E-state index contributed by atoms with van der Waals surface area (Å²) in [4.78, 5) is 0. The zero-order valence-electron chi connectivity index (χ0n) is 12.2.